The second-order valence-corrected chi connectivity index (χ2v) is 4.79. The van der Waals surface area contributed by atoms with Crippen molar-refractivity contribution in [3.8, 4) is 11.8 Å². The molecule has 0 aliphatic rings. The van der Waals surface area contributed by atoms with Gasteiger partial charge in [-0.1, -0.05) is 23.4 Å². The summed E-state index contributed by atoms with van der Waals surface area (Å²) in [4.78, 5) is 12.2. The highest BCUT2D eigenvalue weighted by Crippen LogP contribution is 2.18. The minimum atomic E-state index is -0.235. The van der Waals surface area contributed by atoms with E-state index in [0.29, 0.717) is 16.1 Å². The molecule has 1 atom stereocenters. The van der Waals surface area contributed by atoms with Gasteiger partial charge in [0.25, 0.3) is 5.91 Å². The van der Waals surface area contributed by atoms with E-state index in [1.807, 2.05) is 6.92 Å². The van der Waals surface area contributed by atoms with E-state index in [4.69, 9.17) is 16.7 Å². The van der Waals surface area contributed by atoms with Gasteiger partial charge in [0.05, 0.1) is 17.3 Å². The van der Waals surface area contributed by atoms with Gasteiger partial charge in [0, 0.05) is 22.9 Å². The first kappa shape index (κ1) is 15.1. The number of halogens is 1. The Kier molecular flexibility index (Phi) is 4.99. The molecule has 0 radical (unpaired) electrons. The molecule has 0 saturated carbocycles. The second-order valence-electron chi connectivity index (χ2n) is 4.38. The summed E-state index contributed by atoms with van der Waals surface area (Å²) in [5.74, 6) is 5.00. The number of aromatic amines is 1. The molecule has 1 aromatic heterocycles. The minimum absolute atomic E-state index is 0.163. The van der Waals surface area contributed by atoms with E-state index in [-0.39, 0.29) is 18.6 Å². The van der Waals surface area contributed by atoms with Crippen molar-refractivity contribution in [3.63, 3.8) is 0 Å². The Morgan fingerprint density at radius 3 is 3.00 bits per heavy atom. The van der Waals surface area contributed by atoms with Gasteiger partial charge in [0.1, 0.15) is 6.61 Å². The Morgan fingerprint density at radius 2 is 2.38 bits per heavy atom. The number of aliphatic hydroxyl groups excluding tert-OH is 1. The zero-order valence-electron chi connectivity index (χ0n) is 11.4. The quantitative estimate of drug-likeness (QED) is 0.758. The lowest BCUT2D eigenvalue weighted by atomic mass is 10.1. The molecule has 3 N–H and O–H groups in total. The maximum absolute atomic E-state index is 12.2. The van der Waals surface area contributed by atoms with Gasteiger partial charge in [-0.05, 0) is 25.1 Å². The summed E-state index contributed by atoms with van der Waals surface area (Å²) >= 11 is 6.07. The van der Waals surface area contributed by atoms with Crippen molar-refractivity contribution < 1.29 is 9.90 Å². The van der Waals surface area contributed by atoms with Crippen LogP contribution in [0.2, 0.25) is 5.02 Å². The maximum Gasteiger partial charge on any atom is 0.251 e. The first-order valence-electron chi connectivity index (χ1n) is 6.30. The SMILES string of the molecule is CC(NC(=O)c1ccc(C#CCO)c(Cl)c1)c1cn[nH]c1. The van der Waals surface area contributed by atoms with Crippen LogP contribution in [-0.4, -0.2) is 27.8 Å². The third-order valence-electron chi connectivity index (χ3n) is 2.90. The van der Waals surface area contributed by atoms with Crippen LogP contribution in [0.15, 0.2) is 30.6 Å². The smallest absolute Gasteiger partial charge is 0.251 e. The topological polar surface area (TPSA) is 78.0 Å². The zero-order chi connectivity index (χ0) is 15.2. The fourth-order valence-corrected chi connectivity index (χ4v) is 1.98. The molecular formula is C15H14ClN3O2. The highest BCUT2D eigenvalue weighted by atomic mass is 35.5. The van der Waals surface area contributed by atoms with Crippen LogP contribution in [0, 0.1) is 11.8 Å². The molecule has 108 valence electrons. The number of H-pyrrole nitrogens is 1. The fourth-order valence-electron chi connectivity index (χ4n) is 1.75. The summed E-state index contributed by atoms with van der Waals surface area (Å²) in [6, 6.07) is 4.69. The van der Waals surface area contributed by atoms with E-state index in [9.17, 15) is 4.79 Å². The highest BCUT2D eigenvalue weighted by Gasteiger charge is 2.13. The lowest BCUT2D eigenvalue weighted by molar-refractivity contribution is 0.0940. The summed E-state index contributed by atoms with van der Waals surface area (Å²) in [7, 11) is 0. The molecule has 1 amide bonds. The van der Waals surface area contributed by atoms with E-state index in [1.165, 1.54) is 0 Å². The normalized spacial score (nSPS) is 11.4. The van der Waals surface area contributed by atoms with Crippen LogP contribution >= 0.6 is 11.6 Å². The zero-order valence-corrected chi connectivity index (χ0v) is 12.1. The van der Waals surface area contributed by atoms with Crippen LogP contribution in [-0.2, 0) is 0 Å². The Balaban J connectivity index is 2.11. The highest BCUT2D eigenvalue weighted by molar-refractivity contribution is 6.32. The van der Waals surface area contributed by atoms with Crippen molar-refractivity contribution in [2.75, 3.05) is 6.61 Å². The maximum atomic E-state index is 12.2. The van der Waals surface area contributed by atoms with Crippen molar-refractivity contribution in [3.05, 3.63) is 52.3 Å². The average Bonchev–Trinajstić information content (AvgIpc) is 3.00. The van der Waals surface area contributed by atoms with Crippen LogP contribution in [0.1, 0.15) is 34.5 Å². The van der Waals surface area contributed by atoms with Gasteiger partial charge in [0.15, 0.2) is 0 Å². The van der Waals surface area contributed by atoms with Crippen molar-refractivity contribution in [2.45, 2.75) is 13.0 Å². The summed E-state index contributed by atoms with van der Waals surface area (Å²) in [6.07, 6.45) is 3.39. The number of rotatable bonds is 3. The molecule has 2 aromatic rings. The number of carbonyl (C=O) groups excluding carboxylic acids is 1. The monoisotopic (exact) mass is 303 g/mol. The Morgan fingerprint density at radius 1 is 1.57 bits per heavy atom. The molecule has 0 bridgehead atoms. The van der Waals surface area contributed by atoms with Gasteiger partial charge in [0.2, 0.25) is 0 Å². The van der Waals surface area contributed by atoms with Gasteiger partial charge < -0.3 is 10.4 Å². The largest absolute Gasteiger partial charge is 0.384 e. The number of carbonyl (C=O) groups is 1. The molecule has 0 fully saturated rings. The number of nitrogens with one attached hydrogen (secondary N) is 2. The molecule has 1 aromatic carbocycles. The predicted octanol–water partition coefficient (Wildman–Crippen LogP) is 1.90. The second kappa shape index (κ2) is 6.93. The Labute approximate surface area is 127 Å². The molecule has 0 aliphatic heterocycles. The number of hydrogen-bond donors (Lipinski definition) is 3. The van der Waals surface area contributed by atoms with E-state index in [2.05, 4.69) is 27.4 Å². The molecular weight excluding hydrogens is 290 g/mol. The van der Waals surface area contributed by atoms with Crippen molar-refractivity contribution in [1.29, 1.82) is 0 Å². The number of nitrogens with zero attached hydrogens (tertiary/aromatic N) is 1. The van der Waals surface area contributed by atoms with Crippen molar-refractivity contribution >= 4 is 17.5 Å². The van der Waals surface area contributed by atoms with Gasteiger partial charge in [-0.2, -0.15) is 5.10 Å². The van der Waals surface area contributed by atoms with Crippen LogP contribution in [0.25, 0.3) is 0 Å². The van der Waals surface area contributed by atoms with Gasteiger partial charge in [-0.25, -0.2) is 0 Å². The van der Waals surface area contributed by atoms with Gasteiger partial charge in [-0.3, -0.25) is 9.89 Å². The standard InChI is InChI=1S/C15H14ClN3O2/c1-10(13-8-17-18-9-13)19-15(21)12-5-4-11(3-2-6-20)14(16)7-12/h4-5,7-10,20H,6H2,1H3,(H,17,18)(H,19,21). The fraction of sp³-hybridized carbons (Fsp3) is 0.200. The molecule has 21 heavy (non-hydrogen) atoms. The van der Waals surface area contributed by atoms with Crippen LogP contribution in [0.3, 0.4) is 0 Å². The molecule has 1 heterocycles. The molecule has 0 aliphatic carbocycles. The number of aliphatic hydroxyl groups is 1. The van der Waals surface area contributed by atoms with Crippen LogP contribution in [0.4, 0.5) is 0 Å². The molecule has 0 saturated heterocycles. The van der Waals surface area contributed by atoms with E-state index in [1.54, 1.807) is 30.6 Å². The summed E-state index contributed by atoms with van der Waals surface area (Å²) < 4.78 is 0. The lowest BCUT2D eigenvalue weighted by Crippen LogP contribution is -2.26. The van der Waals surface area contributed by atoms with Crippen molar-refractivity contribution in [2.24, 2.45) is 0 Å². The van der Waals surface area contributed by atoms with E-state index in [0.717, 1.165) is 5.56 Å². The predicted molar refractivity (Wildman–Crippen MR) is 79.9 cm³/mol. The lowest BCUT2D eigenvalue weighted by Gasteiger charge is -2.12. The van der Waals surface area contributed by atoms with Gasteiger partial charge >= 0.3 is 0 Å². The average molecular weight is 304 g/mol. The number of benzene rings is 1. The molecule has 0 spiro atoms. The third-order valence-corrected chi connectivity index (χ3v) is 3.21. The Hall–Kier alpha value is -2.29. The van der Waals surface area contributed by atoms with Crippen LogP contribution < -0.4 is 5.32 Å². The minimum Gasteiger partial charge on any atom is -0.384 e. The summed E-state index contributed by atoms with van der Waals surface area (Å²) in [6.45, 7) is 1.63. The van der Waals surface area contributed by atoms with E-state index >= 15 is 0 Å². The first-order chi connectivity index (χ1) is 10.1. The number of amides is 1. The first-order valence-corrected chi connectivity index (χ1v) is 6.68. The number of hydrogen-bond acceptors (Lipinski definition) is 3. The molecule has 5 nitrogen and oxygen atoms in total. The Bertz CT molecular complexity index is 687. The van der Waals surface area contributed by atoms with E-state index < -0.39 is 0 Å². The summed E-state index contributed by atoms with van der Waals surface area (Å²) in [5.41, 5.74) is 1.91. The molecule has 6 heteroatoms. The molecule has 1 unspecified atom stereocenters. The van der Waals surface area contributed by atoms with Crippen molar-refractivity contribution in [1.82, 2.24) is 15.5 Å². The third kappa shape index (κ3) is 3.85. The molecule has 2 rings (SSSR count). The summed E-state index contributed by atoms with van der Waals surface area (Å²) in [5, 5.41) is 18.4. The number of aromatic nitrogens is 2. The van der Waals surface area contributed by atoms with Gasteiger partial charge in [-0.15, -0.1) is 0 Å². The van der Waals surface area contributed by atoms with Crippen LogP contribution in [0.5, 0.6) is 0 Å².